The van der Waals surface area contributed by atoms with E-state index in [1.54, 1.807) is 13.3 Å². The summed E-state index contributed by atoms with van der Waals surface area (Å²) >= 11 is 0. The van der Waals surface area contributed by atoms with Crippen molar-refractivity contribution in [1.29, 1.82) is 0 Å². The van der Waals surface area contributed by atoms with Crippen LogP contribution in [0.15, 0.2) is 66.9 Å². The summed E-state index contributed by atoms with van der Waals surface area (Å²) in [5, 5.41) is 12.6. The second kappa shape index (κ2) is 6.76. The van der Waals surface area contributed by atoms with Crippen molar-refractivity contribution in [2.75, 3.05) is 7.11 Å². The van der Waals surface area contributed by atoms with Gasteiger partial charge in [0, 0.05) is 17.8 Å². The molecule has 0 atom stereocenters. The van der Waals surface area contributed by atoms with Gasteiger partial charge in [-0.3, -0.25) is 4.98 Å². The molecule has 2 heterocycles. The first-order chi connectivity index (χ1) is 12.7. The number of ether oxygens (including phenoxy) is 1. The molecule has 0 saturated carbocycles. The minimum atomic E-state index is 0.479. The van der Waals surface area contributed by atoms with Gasteiger partial charge in [-0.2, -0.15) is 0 Å². The predicted molar refractivity (Wildman–Crippen MR) is 99.1 cm³/mol. The van der Waals surface area contributed by atoms with Gasteiger partial charge in [0.25, 0.3) is 0 Å². The maximum atomic E-state index is 5.59. The first-order valence-corrected chi connectivity index (χ1v) is 8.21. The largest absolute Gasteiger partial charge is 0.496 e. The minimum absolute atomic E-state index is 0.479. The van der Waals surface area contributed by atoms with Crippen molar-refractivity contribution < 1.29 is 4.74 Å². The van der Waals surface area contributed by atoms with Gasteiger partial charge in [-0.15, -0.1) is 15.0 Å². The van der Waals surface area contributed by atoms with Crippen LogP contribution in [0.2, 0.25) is 0 Å². The van der Waals surface area contributed by atoms with Crippen LogP contribution in [-0.2, 0) is 0 Å². The molecule has 0 N–H and O–H groups in total. The summed E-state index contributed by atoms with van der Waals surface area (Å²) in [6.45, 7) is 2.07. The molecule has 0 bridgehead atoms. The lowest BCUT2D eigenvalue weighted by atomic mass is 10.0. The van der Waals surface area contributed by atoms with Crippen molar-refractivity contribution in [2.24, 2.45) is 0 Å². The summed E-state index contributed by atoms with van der Waals surface area (Å²) in [6, 6.07) is 19.8. The van der Waals surface area contributed by atoms with Gasteiger partial charge in [0.1, 0.15) is 11.4 Å². The molecule has 26 heavy (non-hydrogen) atoms. The summed E-state index contributed by atoms with van der Waals surface area (Å²) < 4.78 is 5.59. The molecule has 0 saturated heterocycles. The minimum Gasteiger partial charge on any atom is -0.496 e. The van der Waals surface area contributed by atoms with E-state index in [0.717, 1.165) is 22.6 Å². The molecule has 0 aliphatic rings. The molecule has 0 amide bonds. The van der Waals surface area contributed by atoms with Crippen molar-refractivity contribution in [3.63, 3.8) is 0 Å². The summed E-state index contributed by atoms with van der Waals surface area (Å²) in [5.41, 5.74) is 4.78. The number of aromatic nitrogens is 5. The highest BCUT2D eigenvalue weighted by Crippen LogP contribution is 2.32. The summed E-state index contributed by atoms with van der Waals surface area (Å²) in [7, 11) is 1.66. The van der Waals surface area contributed by atoms with Gasteiger partial charge in [0.2, 0.25) is 5.82 Å². The van der Waals surface area contributed by atoms with E-state index in [9.17, 15) is 0 Å². The lowest BCUT2D eigenvalue weighted by Gasteiger charge is -2.11. The molecular weight excluding hydrogens is 326 g/mol. The normalized spacial score (nSPS) is 10.7. The monoisotopic (exact) mass is 343 g/mol. The highest BCUT2D eigenvalue weighted by molar-refractivity contribution is 5.72. The maximum Gasteiger partial charge on any atom is 0.223 e. The number of hydrogen-bond donors (Lipinski definition) is 0. The lowest BCUT2D eigenvalue weighted by Crippen LogP contribution is -2.00. The summed E-state index contributed by atoms with van der Waals surface area (Å²) in [6.07, 6.45) is 1.70. The van der Waals surface area contributed by atoms with Gasteiger partial charge < -0.3 is 4.74 Å². The number of nitrogens with zero attached hydrogens (tertiary/aromatic N) is 5. The number of rotatable bonds is 4. The molecule has 0 aliphatic heterocycles. The number of methoxy groups -OCH3 is 1. The van der Waals surface area contributed by atoms with E-state index < -0.39 is 0 Å². The third-order valence-electron chi connectivity index (χ3n) is 4.05. The fraction of sp³-hybridized carbons (Fsp3) is 0.100. The standard InChI is InChI=1S/C20H17N5O/c1-14-6-5-7-15(12-14)17-10-9-16(13-19(17)26-2)25-23-20(22-24-25)18-8-3-4-11-21-18/h3-13H,1-2H3. The smallest absolute Gasteiger partial charge is 0.223 e. The molecule has 2 aromatic heterocycles. The van der Waals surface area contributed by atoms with E-state index in [2.05, 4.69) is 45.5 Å². The Morgan fingerprint density at radius 1 is 0.962 bits per heavy atom. The Bertz CT molecular complexity index is 1040. The number of benzene rings is 2. The zero-order chi connectivity index (χ0) is 17.9. The highest BCUT2D eigenvalue weighted by atomic mass is 16.5. The van der Waals surface area contributed by atoms with E-state index in [4.69, 9.17) is 4.74 Å². The molecule has 4 rings (SSSR count). The molecule has 0 unspecified atom stereocenters. The average Bonchev–Trinajstić information content (AvgIpc) is 3.18. The zero-order valence-electron chi connectivity index (χ0n) is 14.5. The number of hydrogen-bond acceptors (Lipinski definition) is 5. The summed E-state index contributed by atoms with van der Waals surface area (Å²) in [5.74, 6) is 1.23. The Kier molecular flexibility index (Phi) is 4.15. The molecule has 4 aromatic rings. The van der Waals surface area contributed by atoms with Gasteiger partial charge in [-0.05, 0) is 42.0 Å². The van der Waals surface area contributed by atoms with Crippen LogP contribution in [0.5, 0.6) is 5.75 Å². The van der Waals surface area contributed by atoms with Crippen molar-refractivity contribution >= 4 is 0 Å². The predicted octanol–water partition coefficient (Wildman–Crippen LogP) is 3.71. The second-order valence-electron chi connectivity index (χ2n) is 5.87. The van der Waals surface area contributed by atoms with Crippen molar-refractivity contribution in [2.45, 2.75) is 6.92 Å². The zero-order valence-corrected chi connectivity index (χ0v) is 14.5. The maximum absolute atomic E-state index is 5.59. The van der Waals surface area contributed by atoms with Crippen LogP contribution in [-0.4, -0.2) is 32.3 Å². The van der Waals surface area contributed by atoms with E-state index in [1.807, 2.05) is 42.5 Å². The highest BCUT2D eigenvalue weighted by Gasteiger charge is 2.12. The topological polar surface area (TPSA) is 65.7 Å². The molecule has 0 fully saturated rings. The van der Waals surface area contributed by atoms with E-state index in [1.165, 1.54) is 10.4 Å². The Morgan fingerprint density at radius 3 is 2.65 bits per heavy atom. The third kappa shape index (κ3) is 3.04. The molecule has 2 aromatic carbocycles. The molecule has 0 radical (unpaired) electrons. The molecule has 6 heteroatoms. The quantitative estimate of drug-likeness (QED) is 0.565. The van der Waals surface area contributed by atoms with Crippen molar-refractivity contribution in [1.82, 2.24) is 25.2 Å². The second-order valence-corrected chi connectivity index (χ2v) is 5.87. The van der Waals surface area contributed by atoms with Crippen LogP contribution >= 0.6 is 0 Å². The van der Waals surface area contributed by atoms with Crippen LogP contribution in [0.25, 0.3) is 28.3 Å². The van der Waals surface area contributed by atoms with Gasteiger partial charge in [-0.25, -0.2) is 0 Å². The van der Waals surface area contributed by atoms with Gasteiger partial charge >= 0.3 is 0 Å². The Labute approximate surface area is 151 Å². The average molecular weight is 343 g/mol. The van der Waals surface area contributed by atoms with Crippen molar-refractivity contribution in [3.05, 3.63) is 72.4 Å². The van der Waals surface area contributed by atoms with E-state index in [0.29, 0.717) is 11.5 Å². The fourth-order valence-electron chi connectivity index (χ4n) is 2.78. The first-order valence-electron chi connectivity index (χ1n) is 8.21. The Balaban J connectivity index is 1.72. The Morgan fingerprint density at radius 2 is 1.88 bits per heavy atom. The van der Waals surface area contributed by atoms with Gasteiger partial charge in [-0.1, -0.05) is 35.9 Å². The number of pyridine rings is 1. The SMILES string of the molecule is COc1cc(-n2nnc(-c3ccccn3)n2)ccc1-c1cccc(C)c1. The van der Waals surface area contributed by atoms with Gasteiger partial charge in [0.05, 0.1) is 12.8 Å². The number of tetrazole rings is 1. The van der Waals surface area contributed by atoms with Gasteiger partial charge in [0.15, 0.2) is 0 Å². The van der Waals surface area contributed by atoms with E-state index >= 15 is 0 Å². The fourth-order valence-corrected chi connectivity index (χ4v) is 2.78. The summed E-state index contributed by atoms with van der Waals surface area (Å²) in [4.78, 5) is 5.73. The molecule has 128 valence electrons. The first kappa shape index (κ1) is 16.0. The van der Waals surface area contributed by atoms with Crippen LogP contribution in [0.4, 0.5) is 0 Å². The third-order valence-corrected chi connectivity index (χ3v) is 4.05. The van der Waals surface area contributed by atoms with Crippen LogP contribution in [0.1, 0.15) is 5.56 Å². The molecule has 0 spiro atoms. The Hall–Kier alpha value is -3.54. The van der Waals surface area contributed by atoms with Crippen LogP contribution in [0.3, 0.4) is 0 Å². The van der Waals surface area contributed by atoms with Crippen molar-refractivity contribution in [3.8, 4) is 34.1 Å². The number of aryl methyl sites for hydroxylation is 1. The lowest BCUT2D eigenvalue weighted by molar-refractivity contribution is 0.416. The molecular formula is C20H17N5O. The molecule has 0 aliphatic carbocycles. The van der Waals surface area contributed by atoms with Crippen LogP contribution in [0, 0.1) is 6.92 Å². The van der Waals surface area contributed by atoms with E-state index in [-0.39, 0.29) is 0 Å². The van der Waals surface area contributed by atoms with Crippen LogP contribution < -0.4 is 4.74 Å². The molecule has 6 nitrogen and oxygen atoms in total.